The lowest BCUT2D eigenvalue weighted by molar-refractivity contribution is 0.177. The molecule has 3 rings (SSSR count). The summed E-state index contributed by atoms with van der Waals surface area (Å²) in [5.74, 6) is 0. The number of hydrogen-bond donors (Lipinski definition) is 0. The molecule has 20 heavy (non-hydrogen) atoms. The summed E-state index contributed by atoms with van der Waals surface area (Å²) in [4.78, 5) is 1.55. The van der Waals surface area contributed by atoms with Gasteiger partial charge in [-0.15, -0.1) is 0 Å². The molecule has 0 bridgehead atoms. The van der Waals surface area contributed by atoms with E-state index in [-0.39, 0.29) is 6.04 Å². The molecule has 1 fully saturated rings. The van der Waals surface area contributed by atoms with Crippen molar-refractivity contribution in [2.75, 3.05) is 13.1 Å². The highest BCUT2D eigenvalue weighted by Gasteiger charge is 2.36. The summed E-state index contributed by atoms with van der Waals surface area (Å²) in [6, 6.07) is 9.38. The average Bonchev–Trinajstić information content (AvgIpc) is 2.89. The highest BCUT2D eigenvalue weighted by molar-refractivity contribution is 7.92. The van der Waals surface area contributed by atoms with Gasteiger partial charge < -0.3 is 0 Å². The standard InChI is InChI=1S/C13H14N4O2S/c18-20(19,9-6-12-4-2-1-3-5-12)16-10-13(11-16)17-14-7-8-15-17/h1-9,13H,10-11H2. The van der Waals surface area contributed by atoms with Crippen molar-refractivity contribution in [3.05, 3.63) is 53.7 Å². The Morgan fingerprint density at radius 3 is 2.40 bits per heavy atom. The maximum Gasteiger partial charge on any atom is 0.236 e. The van der Waals surface area contributed by atoms with Crippen LogP contribution in [0.3, 0.4) is 0 Å². The van der Waals surface area contributed by atoms with Gasteiger partial charge >= 0.3 is 0 Å². The van der Waals surface area contributed by atoms with E-state index in [9.17, 15) is 8.42 Å². The number of hydrogen-bond acceptors (Lipinski definition) is 4. The molecular formula is C13H14N4O2S. The molecule has 1 aliphatic rings. The van der Waals surface area contributed by atoms with Crippen LogP contribution in [0, 0.1) is 0 Å². The third kappa shape index (κ3) is 2.63. The lowest BCUT2D eigenvalue weighted by Crippen LogP contribution is -2.50. The Balaban J connectivity index is 1.64. The molecule has 0 spiro atoms. The summed E-state index contributed by atoms with van der Waals surface area (Å²) in [6.45, 7) is 0.826. The molecule has 1 aromatic heterocycles. The lowest BCUT2D eigenvalue weighted by Gasteiger charge is -2.36. The zero-order valence-electron chi connectivity index (χ0n) is 10.7. The SMILES string of the molecule is O=S(=O)(C=Cc1ccccc1)N1CC(n2nccn2)C1. The summed E-state index contributed by atoms with van der Waals surface area (Å²) in [5, 5.41) is 9.27. The molecule has 0 saturated carbocycles. The third-order valence-electron chi connectivity index (χ3n) is 3.18. The fraction of sp³-hybridized carbons (Fsp3) is 0.231. The van der Waals surface area contributed by atoms with Crippen LogP contribution in [-0.2, 0) is 10.0 Å². The first-order chi connectivity index (χ1) is 9.65. The minimum Gasteiger partial charge on any atom is -0.208 e. The van der Waals surface area contributed by atoms with Crippen LogP contribution in [0.2, 0.25) is 0 Å². The van der Waals surface area contributed by atoms with Gasteiger partial charge in [-0.25, -0.2) is 8.42 Å². The number of aromatic nitrogens is 3. The largest absolute Gasteiger partial charge is 0.236 e. The van der Waals surface area contributed by atoms with Gasteiger partial charge in [0.25, 0.3) is 0 Å². The van der Waals surface area contributed by atoms with Gasteiger partial charge in [0.15, 0.2) is 0 Å². The minimum atomic E-state index is -3.36. The first-order valence-electron chi connectivity index (χ1n) is 6.24. The number of nitrogens with zero attached hydrogens (tertiary/aromatic N) is 4. The first kappa shape index (κ1) is 13.0. The van der Waals surface area contributed by atoms with Crippen molar-refractivity contribution in [2.24, 2.45) is 0 Å². The third-order valence-corrected chi connectivity index (χ3v) is 4.68. The average molecular weight is 290 g/mol. The molecule has 1 aliphatic heterocycles. The Bertz CT molecular complexity index is 689. The molecular weight excluding hydrogens is 276 g/mol. The topological polar surface area (TPSA) is 68.1 Å². The molecule has 104 valence electrons. The smallest absolute Gasteiger partial charge is 0.208 e. The minimum absolute atomic E-state index is 0.0323. The number of rotatable bonds is 4. The maximum absolute atomic E-state index is 12.1. The highest BCUT2D eigenvalue weighted by Crippen LogP contribution is 2.23. The van der Waals surface area contributed by atoms with Gasteiger partial charge in [0, 0.05) is 18.5 Å². The van der Waals surface area contributed by atoms with E-state index in [0.717, 1.165) is 5.56 Å². The van der Waals surface area contributed by atoms with E-state index in [1.54, 1.807) is 23.3 Å². The summed E-state index contributed by atoms with van der Waals surface area (Å²) < 4.78 is 25.6. The lowest BCUT2D eigenvalue weighted by atomic mass is 10.2. The van der Waals surface area contributed by atoms with Gasteiger partial charge in [-0.2, -0.15) is 19.3 Å². The highest BCUT2D eigenvalue weighted by atomic mass is 32.2. The van der Waals surface area contributed by atoms with Crippen molar-refractivity contribution in [3.8, 4) is 0 Å². The molecule has 6 nitrogen and oxygen atoms in total. The van der Waals surface area contributed by atoms with Crippen LogP contribution in [0.1, 0.15) is 11.6 Å². The van der Waals surface area contributed by atoms with E-state index in [1.165, 1.54) is 9.71 Å². The van der Waals surface area contributed by atoms with Crippen LogP contribution in [0.15, 0.2) is 48.1 Å². The van der Waals surface area contributed by atoms with Gasteiger partial charge in [0.2, 0.25) is 10.0 Å². The predicted octanol–water partition coefficient (Wildman–Crippen LogP) is 1.14. The van der Waals surface area contributed by atoms with Crippen LogP contribution in [0.25, 0.3) is 6.08 Å². The zero-order valence-corrected chi connectivity index (χ0v) is 11.5. The second-order valence-electron chi connectivity index (χ2n) is 4.58. The Morgan fingerprint density at radius 1 is 1.10 bits per heavy atom. The molecule has 0 amide bonds. The molecule has 2 heterocycles. The summed E-state index contributed by atoms with van der Waals surface area (Å²) in [6.07, 6.45) is 4.79. The van der Waals surface area contributed by atoms with Gasteiger partial charge in [-0.1, -0.05) is 30.3 Å². The first-order valence-corrected chi connectivity index (χ1v) is 7.74. The molecule has 0 aliphatic carbocycles. The quantitative estimate of drug-likeness (QED) is 0.846. The molecule has 1 aromatic carbocycles. The van der Waals surface area contributed by atoms with Gasteiger partial charge in [0.1, 0.15) is 0 Å². The maximum atomic E-state index is 12.1. The second kappa shape index (κ2) is 5.18. The van der Waals surface area contributed by atoms with Crippen LogP contribution in [-0.4, -0.2) is 40.8 Å². The Morgan fingerprint density at radius 2 is 1.75 bits per heavy atom. The van der Waals surface area contributed by atoms with Crippen LogP contribution >= 0.6 is 0 Å². The summed E-state index contributed by atoms with van der Waals surface area (Å²) in [5.41, 5.74) is 0.863. The van der Waals surface area contributed by atoms with Gasteiger partial charge in [-0.05, 0) is 11.6 Å². The van der Waals surface area contributed by atoms with Crippen LogP contribution in [0.4, 0.5) is 0 Å². The van der Waals surface area contributed by atoms with Crippen LogP contribution < -0.4 is 0 Å². The normalized spacial score (nSPS) is 17.4. The van der Waals surface area contributed by atoms with Gasteiger partial charge in [0.05, 0.1) is 18.4 Å². The van der Waals surface area contributed by atoms with Crippen molar-refractivity contribution in [2.45, 2.75) is 6.04 Å². The summed E-state index contributed by atoms with van der Waals surface area (Å²) >= 11 is 0. The van der Waals surface area contributed by atoms with Crippen molar-refractivity contribution < 1.29 is 8.42 Å². The van der Waals surface area contributed by atoms with Crippen LogP contribution in [0.5, 0.6) is 0 Å². The molecule has 2 aromatic rings. The van der Waals surface area contributed by atoms with E-state index in [2.05, 4.69) is 10.2 Å². The molecule has 1 saturated heterocycles. The fourth-order valence-electron chi connectivity index (χ4n) is 2.00. The van der Waals surface area contributed by atoms with E-state index < -0.39 is 10.0 Å². The van der Waals surface area contributed by atoms with Gasteiger partial charge in [-0.3, -0.25) is 0 Å². The second-order valence-corrected chi connectivity index (χ2v) is 6.40. The molecule has 0 unspecified atom stereocenters. The van der Waals surface area contributed by atoms with E-state index >= 15 is 0 Å². The Kier molecular flexibility index (Phi) is 3.37. The summed E-state index contributed by atoms with van der Waals surface area (Å²) in [7, 11) is -3.36. The van der Waals surface area contributed by atoms with E-state index in [4.69, 9.17) is 0 Å². The van der Waals surface area contributed by atoms with E-state index in [1.807, 2.05) is 30.3 Å². The van der Waals surface area contributed by atoms with Crippen molar-refractivity contribution in [1.29, 1.82) is 0 Å². The number of sulfonamides is 1. The predicted molar refractivity (Wildman–Crippen MR) is 75.0 cm³/mol. The number of benzene rings is 1. The molecule has 0 radical (unpaired) electrons. The molecule has 0 N–H and O–H groups in total. The van der Waals surface area contributed by atoms with E-state index in [0.29, 0.717) is 13.1 Å². The van der Waals surface area contributed by atoms with Crippen molar-refractivity contribution >= 4 is 16.1 Å². The molecule has 0 atom stereocenters. The van der Waals surface area contributed by atoms with Crippen molar-refractivity contribution in [1.82, 2.24) is 19.3 Å². The monoisotopic (exact) mass is 290 g/mol. The van der Waals surface area contributed by atoms with Crippen molar-refractivity contribution in [3.63, 3.8) is 0 Å². The Labute approximate surface area is 117 Å². The molecule has 7 heteroatoms. The Hall–Kier alpha value is -1.99. The zero-order chi connectivity index (χ0) is 14.0. The fourth-order valence-corrected chi connectivity index (χ4v) is 3.26.